The zero-order chi connectivity index (χ0) is 17.7. The van der Waals surface area contributed by atoms with E-state index in [2.05, 4.69) is 6.58 Å². The van der Waals surface area contributed by atoms with Crippen LogP contribution in [0.15, 0.2) is 43.0 Å². The molecule has 0 saturated heterocycles. The predicted molar refractivity (Wildman–Crippen MR) is 92.6 cm³/mol. The van der Waals surface area contributed by atoms with Crippen molar-refractivity contribution in [3.8, 4) is 34.1 Å². The van der Waals surface area contributed by atoms with Gasteiger partial charge in [0.1, 0.15) is 5.75 Å². The number of ether oxygens (including phenoxy) is 4. The lowest BCUT2D eigenvalue weighted by Crippen LogP contribution is -2.00. The van der Waals surface area contributed by atoms with Crippen LogP contribution in [0.5, 0.6) is 23.0 Å². The summed E-state index contributed by atoms with van der Waals surface area (Å²) >= 11 is 0. The lowest BCUT2D eigenvalue weighted by molar-refractivity contribution is 0.104. The molecule has 0 fully saturated rings. The van der Waals surface area contributed by atoms with Crippen molar-refractivity contribution in [2.75, 3.05) is 28.4 Å². The Balaban J connectivity index is 2.74. The van der Waals surface area contributed by atoms with E-state index < -0.39 is 0 Å². The summed E-state index contributed by atoms with van der Waals surface area (Å²) in [6.07, 6.45) is 1.28. The first kappa shape index (κ1) is 17.4. The second kappa shape index (κ2) is 7.55. The van der Waals surface area contributed by atoms with Crippen molar-refractivity contribution in [2.24, 2.45) is 0 Å². The van der Waals surface area contributed by atoms with Gasteiger partial charge in [0.05, 0.1) is 28.4 Å². The van der Waals surface area contributed by atoms with Gasteiger partial charge in [-0.25, -0.2) is 0 Å². The third kappa shape index (κ3) is 3.20. The molecule has 0 aliphatic heterocycles. The molecule has 0 unspecified atom stereocenters. The zero-order valence-corrected chi connectivity index (χ0v) is 14.2. The van der Waals surface area contributed by atoms with Crippen LogP contribution in [-0.2, 0) is 0 Å². The second-order valence-corrected chi connectivity index (χ2v) is 4.89. The normalized spacial score (nSPS) is 10.0. The van der Waals surface area contributed by atoms with E-state index in [1.54, 1.807) is 51.7 Å². The summed E-state index contributed by atoms with van der Waals surface area (Å²) < 4.78 is 21.4. The zero-order valence-electron chi connectivity index (χ0n) is 14.2. The van der Waals surface area contributed by atoms with Gasteiger partial charge < -0.3 is 18.9 Å². The van der Waals surface area contributed by atoms with E-state index in [9.17, 15) is 4.79 Å². The van der Waals surface area contributed by atoms with Crippen LogP contribution in [0.25, 0.3) is 11.1 Å². The van der Waals surface area contributed by atoms with E-state index in [4.69, 9.17) is 18.9 Å². The van der Waals surface area contributed by atoms with Gasteiger partial charge in [0, 0.05) is 5.56 Å². The summed E-state index contributed by atoms with van der Waals surface area (Å²) in [5, 5.41) is 0. The van der Waals surface area contributed by atoms with Crippen LogP contribution in [0.3, 0.4) is 0 Å². The maximum atomic E-state index is 12.2. The Morgan fingerprint density at radius 1 is 0.917 bits per heavy atom. The van der Waals surface area contributed by atoms with Gasteiger partial charge in [-0.1, -0.05) is 6.58 Å². The van der Waals surface area contributed by atoms with Crippen LogP contribution < -0.4 is 18.9 Å². The number of ketones is 1. The number of benzene rings is 2. The first-order valence-electron chi connectivity index (χ1n) is 7.24. The fourth-order valence-electron chi connectivity index (χ4n) is 2.45. The summed E-state index contributed by atoms with van der Waals surface area (Å²) in [6.45, 7) is 3.56. The van der Waals surface area contributed by atoms with E-state index >= 15 is 0 Å². The van der Waals surface area contributed by atoms with Crippen LogP contribution in [0.4, 0.5) is 0 Å². The summed E-state index contributed by atoms with van der Waals surface area (Å²) in [4.78, 5) is 12.2. The Kier molecular flexibility index (Phi) is 5.47. The first-order chi connectivity index (χ1) is 11.6. The fourth-order valence-corrected chi connectivity index (χ4v) is 2.45. The second-order valence-electron chi connectivity index (χ2n) is 4.89. The highest BCUT2D eigenvalue weighted by Crippen LogP contribution is 2.42. The predicted octanol–water partition coefficient (Wildman–Crippen LogP) is 3.76. The monoisotopic (exact) mass is 328 g/mol. The molecule has 0 spiro atoms. The molecule has 0 saturated carbocycles. The highest BCUT2D eigenvalue weighted by Gasteiger charge is 2.18. The maximum absolute atomic E-state index is 12.2. The number of rotatable bonds is 7. The molecule has 0 N–H and O–H groups in total. The van der Waals surface area contributed by atoms with Crippen molar-refractivity contribution in [3.63, 3.8) is 0 Å². The van der Waals surface area contributed by atoms with Gasteiger partial charge in [0.2, 0.25) is 5.75 Å². The van der Waals surface area contributed by atoms with Crippen molar-refractivity contribution in [1.29, 1.82) is 0 Å². The molecule has 0 aliphatic carbocycles. The molecule has 2 aromatic carbocycles. The topological polar surface area (TPSA) is 54.0 Å². The number of allylic oxidation sites excluding steroid dienone is 1. The largest absolute Gasteiger partial charge is 0.497 e. The van der Waals surface area contributed by atoms with E-state index in [0.29, 0.717) is 34.1 Å². The quantitative estimate of drug-likeness (QED) is 0.572. The number of hydrogen-bond donors (Lipinski definition) is 0. The first-order valence-corrected chi connectivity index (χ1v) is 7.24. The maximum Gasteiger partial charge on any atom is 0.203 e. The minimum absolute atomic E-state index is 0.179. The number of methoxy groups -OCH3 is 4. The van der Waals surface area contributed by atoms with Gasteiger partial charge in [-0.05, 0) is 47.5 Å². The molecular weight excluding hydrogens is 308 g/mol. The summed E-state index contributed by atoms with van der Waals surface area (Å²) in [5.74, 6) is 1.96. The average molecular weight is 328 g/mol. The molecule has 0 atom stereocenters. The molecule has 24 heavy (non-hydrogen) atoms. The summed E-state index contributed by atoms with van der Waals surface area (Å²) in [6, 6.07) is 8.81. The third-order valence-corrected chi connectivity index (χ3v) is 3.65. The fraction of sp³-hybridized carbons (Fsp3) is 0.211. The molecule has 5 nitrogen and oxygen atoms in total. The van der Waals surface area contributed by atoms with E-state index in [-0.39, 0.29) is 5.78 Å². The molecule has 0 amide bonds. The number of hydrogen-bond acceptors (Lipinski definition) is 5. The van der Waals surface area contributed by atoms with Crippen molar-refractivity contribution in [1.82, 2.24) is 0 Å². The Morgan fingerprint density at radius 2 is 1.54 bits per heavy atom. The molecule has 0 aliphatic rings. The highest BCUT2D eigenvalue weighted by atomic mass is 16.5. The lowest BCUT2D eigenvalue weighted by Gasteiger charge is -2.16. The van der Waals surface area contributed by atoms with E-state index in [0.717, 1.165) is 5.56 Å². The van der Waals surface area contributed by atoms with Crippen LogP contribution >= 0.6 is 0 Å². The molecular formula is C19H20O5. The van der Waals surface area contributed by atoms with Gasteiger partial charge in [0.15, 0.2) is 17.3 Å². The van der Waals surface area contributed by atoms with Gasteiger partial charge in [0.25, 0.3) is 0 Å². The highest BCUT2D eigenvalue weighted by molar-refractivity contribution is 6.09. The van der Waals surface area contributed by atoms with Crippen molar-refractivity contribution >= 4 is 5.78 Å². The van der Waals surface area contributed by atoms with E-state index in [1.807, 2.05) is 0 Å². The Hall–Kier alpha value is -2.95. The van der Waals surface area contributed by atoms with Gasteiger partial charge in [-0.15, -0.1) is 0 Å². The molecule has 2 aromatic rings. The minimum Gasteiger partial charge on any atom is -0.497 e. The van der Waals surface area contributed by atoms with Crippen LogP contribution in [0.1, 0.15) is 10.4 Å². The average Bonchev–Trinajstić information content (AvgIpc) is 2.65. The Morgan fingerprint density at radius 3 is 2.00 bits per heavy atom. The standard InChI is InChI=1S/C19H20O5/c1-6-16(20)14-8-7-13(21-2)11-15(14)12-9-17(22-3)19(24-5)18(10-12)23-4/h6-11H,1H2,2-5H3. The molecule has 2 rings (SSSR count). The van der Waals surface area contributed by atoms with Crippen molar-refractivity contribution in [2.45, 2.75) is 0 Å². The Labute approximate surface area is 141 Å². The summed E-state index contributed by atoms with van der Waals surface area (Å²) in [5.41, 5.74) is 1.95. The number of carbonyl (C=O) groups excluding carboxylic acids is 1. The SMILES string of the molecule is C=CC(=O)c1ccc(OC)cc1-c1cc(OC)c(OC)c(OC)c1. The molecule has 5 heteroatoms. The molecule has 126 valence electrons. The van der Waals surface area contributed by atoms with E-state index in [1.165, 1.54) is 13.2 Å². The molecule has 0 aromatic heterocycles. The van der Waals surface area contributed by atoms with Crippen LogP contribution in [-0.4, -0.2) is 34.2 Å². The third-order valence-electron chi connectivity index (χ3n) is 3.65. The summed E-state index contributed by atoms with van der Waals surface area (Å²) in [7, 11) is 6.20. The van der Waals surface area contributed by atoms with Crippen LogP contribution in [0.2, 0.25) is 0 Å². The molecule has 0 bridgehead atoms. The van der Waals surface area contributed by atoms with Crippen molar-refractivity contribution < 1.29 is 23.7 Å². The molecule has 0 heterocycles. The molecule has 0 radical (unpaired) electrons. The van der Waals surface area contributed by atoms with Crippen molar-refractivity contribution in [3.05, 3.63) is 48.6 Å². The van der Waals surface area contributed by atoms with Gasteiger partial charge in [-0.2, -0.15) is 0 Å². The van der Waals surface area contributed by atoms with Crippen LogP contribution in [0, 0.1) is 0 Å². The van der Waals surface area contributed by atoms with Gasteiger partial charge in [-0.3, -0.25) is 4.79 Å². The smallest absolute Gasteiger partial charge is 0.203 e. The minimum atomic E-state index is -0.179. The van der Waals surface area contributed by atoms with Gasteiger partial charge >= 0.3 is 0 Å². The lowest BCUT2D eigenvalue weighted by atomic mass is 9.96. The Bertz CT molecular complexity index is 739. The number of carbonyl (C=O) groups is 1.